The van der Waals surface area contributed by atoms with Crippen LogP contribution in [0.15, 0.2) is 21.8 Å². The highest BCUT2D eigenvalue weighted by Gasteiger charge is 1.83. The van der Waals surface area contributed by atoms with Crippen LogP contribution >= 0.6 is 20.7 Å². The Morgan fingerprint density at radius 2 is 2.50 bits per heavy atom. The fourth-order valence-corrected chi connectivity index (χ4v) is 1.83. The van der Waals surface area contributed by atoms with Gasteiger partial charge >= 0.3 is 0 Å². The van der Waals surface area contributed by atoms with Crippen LogP contribution in [0.4, 0.5) is 0 Å². The molecule has 0 bridgehead atoms. The first-order valence-electron chi connectivity index (χ1n) is 2.22. The van der Waals surface area contributed by atoms with Crippen LogP contribution in [0.2, 0.25) is 0 Å². The number of halogens is 1. The quantitative estimate of drug-likeness (QED) is 0.428. The highest BCUT2D eigenvalue weighted by Crippen LogP contribution is 2.09. The molecule has 8 heavy (non-hydrogen) atoms. The van der Waals surface area contributed by atoms with Crippen LogP contribution in [0.25, 0.3) is 0 Å². The van der Waals surface area contributed by atoms with Gasteiger partial charge in [0.1, 0.15) is 0 Å². The average molecular weight is 216 g/mol. The first kappa shape index (κ1) is 5.77. The van der Waals surface area contributed by atoms with Crippen molar-refractivity contribution in [2.45, 2.75) is 0 Å². The maximum atomic E-state index is 5.14. The van der Waals surface area contributed by atoms with Gasteiger partial charge in [-0.3, -0.25) is 0 Å². The van der Waals surface area contributed by atoms with Crippen molar-refractivity contribution in [2.24, 2.45) is 0 Å². The van der Waals surface area contributed by atoms with E-state index in [0.717, 1.165) is 5.57 Å². The molecule has 0 unspecified atom stereocenters. The zero-order chi connectivity index (χ0) is 5.82. The van der Waals surface area contributed by atoms with E-state index in [0.29, 0.717) is 0 Å². The van der Waals surface area contributed by atoms with Gasteiger partial charge in [-0.1, -0.05) is 32.7 Å². The Balaban J connectivity index is 2.88. The molecule has 1 heteroatoms. The third kappa shape index (κ3) is 1.31. The molecule has 0 saturated carbocycles. The molecule has 0 aromatic heterocycles. The molecular formula is C7H5I. The normalized spacial score (nSPS) is 16.1. The molecule has 0 aromatic carbocycles. The Kier molecular flexibility index (Phi) is 2.04. The minimum absolute atomic E-state index is 0.152. The maximum absolute atomic E-state index is 5.14. The second-order valence-corrected chi connectivity index (χ2v) is 3.38. The lowest BCUT2D eigenvalue weighted by Crippen LogP contribution is -1.71. The Bertz CT molecular complexity index is 201. The smallest absolute Gasteiger partial charge is 0.0299 e. The predicted molar refractivity (Wildman–Crippen MR) is 46.1 cm³/mol. The van der Waals surface area contributed by atoms with Crippen molar-refractivity contribution in [1.82, 2.24) is 0 Å². The Labute approximate surface area is 59.0 Å². The highest BCUT2D eigenvalue weighted by molar-refractivity contribution is 14.2. The van der Waals surface area contributed by atoms with Gasteiger partial charge in [-0.25, -0.2) is 0 Å². The van der Waals surface area contributed by atoms with E-state index in [2.05, 4.69) is 14.0 Å². The molecule has 0 nitrogen and oxygen atoms in total. The second-order valence-electron chi connectivity index (χ2n) is 1.32. The molecule has 1 rings (SSSR count). The number of rotatable bonds is 0. The van der Waals surface area contributed by atoms with Crippen LogP contribution in [-0.2, 0) is 0 Å². The van der Waals surface area contributed by atoms with Crippen LogP contribution in [0.1, 0.15) is 0 Å². The van der Waals surface area contributed by atoms with Crippen LogP contribution < -0.4 is 0 Å². The van der Waals surface area contributed by atoms with Crippen molar-refractivity contribution in [1.29, 1.82) is 0 Å². The third-order valence-corrected chi connectivity index (χ3v) is 2.63. The molecule has 0 atom stereocenters. The zero-order valence-corrected chi connectivity index (χ0v) is 6.42. The van der Waals surface area contributed by atoms with Crippen LogP contribution in [0.3, 0.4) is 0 Å². The van der Waals surface area contributed by atoms with Crippen molar-refractivity contribution in [3.05, 3.63) is 21.8 Å². The summed E-state index contributed by atoms with van der Waals surface area (Å²) in [5, 5.41) is 0. The monoisotopic (exact) mass is 216 g/mol. The van der Waals surface area contributed by atoms with Gasteiger partial charge in [-0.05, 0) is 14.2 Å². The van der Waals surface area contributed by atoms with E-state index < -0.39 is 0 Å². The molecule has 40 valence electrons. The van der Waals surface area contributed by atoms with Gasteiger partial charge in [0.2, 0.25) is 0 Å². The van der Waals surface area contributed by atoms with E-state index in [1.165, 1.54) is 0 Å². The minimum atomic E-state index is 0.152. The summed E-state index contributed by atoms with van der Waals surface area (Å²) in [6, 6.07) is 0. The Morgan fingerprint density at radius 1 is 1.62 bits per heavy atom. The first-order chi connectivity index (χ1) is 3.93. The van der Waals surface area contributed by atoms with Gasteiger partial charge < -0.3 is 0 Å². The summed E-state index contributed by atoms with van der Waals surface area (Å²) in [5.74, 6) is 2.59. The predicted octanol–water partition coefficient (Wildman–Crippen LogP) is 1.85. The lowest BCUT2D eigenvalue weighted by atomic mass is 10.3. The molecule has 1 heterocycles. The van der Waals surface area contributed by atoms with Crippen LogP contribution in [0, 0.1) is 12.3 Å². The molecule has 0 amide bonds. The molecule has 0 fully saturated rings. The van der Waals surface area contributed by atoms with Gasteiger partial charge in [-0.2, -0.15) is 0 Å². The summed E-state index contributed by atoms with van der Waals surface area (Å²) in [4.78, 5) is 0. The molecule has 0 aliphatic carbocycles. The summed E-state index contributed by atoms with van der Waals surface area (Å²) in [6.45, 7) is 0. The van der Waals surface area contributed by atoms with Crippen molar-refractivity contribution >= 4 is 24.7 Å². The number of hydrogen-bond donors (Lipinski definition) is 0. The third-order valence-electron chi connectivity index (χ3n) is 0.768. The largest absolute Gasteiger partial charge is 0.115 e. The molecule has 0 spiro atoms. The summed E-state index contributed by atoms with van der Waals surface area (Å²) in [7, 11) is 0. The van der Waals surface area contributed by atoms with E-state index in [4.69, 9.17) is 6.42 Å². The van der Waals surface area contributed by atoms with Crippen LogP contribution in [0.5, 0.6) is 0 Å². The van der Waals surface area contributed by atoms with Crippen molar-refractivity contribution in [3.8, 4) is 12.3 Å². The Hall–Kier alpha value is -0.360. The molecule has 0 N–H and O–H groups in total. The lowest BCUT2D eigenvalue weighted by Gasteiger charge is -1.88. The van der Waals surface area contributed by atoms with Gasteiger partial charge in [0, 0.05) is 5.57 Å². The van der Waals surface area contributed by atoms with E-state index in [9.17, 15) is 0 Å². The van der Waals surface area contributed by atoms with Crippen molar-refractivity contribution < 1.29 is 0 Å². The number of hydrogen-bond acceptors (Lipinski definition) is 0. The summed E-state index contributed by atoms with van der Waals surface area (Å²) >= 11 is 0.152. The highest BCUT2D eigenvalue weighted by atomic mass is 127. The Morgan fingerprint density at radius 3 is 2.88 bits per heavy atom. The summed E-state index contributed by atoms with van der Waals surface area (Å²) in [5.41, 5.74) is 1.04. The van der Waals surface area contributed by atoms with Crippen LogP contribution in [-0.4, -0.2) is 4.01 Å². The van der Waals surface area contributed by atoms with Crippen molar-refractivity contribution in [3.63, 3.8) is 0 Å². The maximum Gasteiger partial charge on any atom is 0.0299 e. The van der Waals surface area contributed by atoms with Gasteiger partial charge in [-0.15, -0.1) is 6.42 Å². The molecular weight excluding hydrogens is 211 g/mol. The number of allylic oxidation sites excluding steroid dienone is 3. The van der Waals surface area contributed by atoms with E-state index in [-0.39, 0.29) is 20.7 Å². The molecule has 0 radical (unpaired) electrons. The fourth-order valence-electron chi connectivity index (χ4n) is 0.402. The molecule has 1 aliphatic rings. The number of terminal acetylenes is 1. The first-order valence-corrected chi connectivity index (χ1v) is 4.71. The van der Waals surface area contributed by atoms with Gasteiger partial charge in [0.25, 0.3) is 0 Å². The van der Waals surface area contributed by atoms with Gasteiger partial charge in [0.05, 0.1) is 0 Å². The van der Waals surface area contributed by atoms with E-state index >= 15 is 0 Å². The van der Waals surface area contributed by atoms with E-state index in [1.807, 2.05) is 12.2 Å². The topological polar surface area (TPSA) is 0 Å². The van der Waals surface area contributed by atoms with Crippen molar-refractivity contribution in [2.75, 3.05) is 0 Å². The SMILES string of the molecule is C#CC1=CI=CC=C1. The molecule has 0 aromatic rings. The second kappa shape index (κ2) is 2.83. The van der Waals surface area contributed by atoms with Gasteiger partial charge in [0.15, 0.2) is 0 Å². The standard InChI is InChI=1S/C7H5I/c1-2-7-4-3-5-8-6-7/h1,3-6H. The zero-order valence-electron chi connectivity index (χ0n) is 4.26. The fraction of sp³-hybridized carbons (Fsp3) is 0. The molecule has 1 aliphatic heterocycles. The summed E-state index contributed by atoms with van der Waals surface area (Å²) < 4.78 is 4.32. The lowest BCUT2D eigenvalue weighted by molar-refractivity contribution is 1.86. The average Bonchev–Trinajstić information content (AvgIpc) is 1.90. The molecule has 0 saturated heterocycles. The summed E-state index contributed by atoms with van der Waals surface area (Å²) in [6.07, 6.45) is 9.13. The minimum Gasteiger partial charge on any atom is -0.115 e. The van der Waals surface area contributed by atoms with E-state index in [1.54, 1.807) is 0 Å².